The van der Waals surface area contributed by atoms with Crippen LogP contribution in [-0.4, -0.2) is 18.3 Å². The monoisotopic (exact) mass is 158 g/mol. The lowest BCUT2D eigenvalue weighted by Crippen LogP contribution is -2.38. The highest BCUT2D eigenvalue weighted by atomic mass is 19.1. The van der Waals surface area contributed by atoms with Crippen LogP contribution in [0.25, 0.3) is 10.4 Å². The molecule has 11 heavy (non-hydrogen) atoms. The van der Waals surface area contributed by atoms with E-state index in [0.29, 0.717) is 12.8 Å². The third-order valence-electron chi connectivity index (χ3n) is 2.01. The standard InChI is InChI=1S/C6H11FN4/c7-5-3-4(10-11-9)1-2-6(5)8/h4-6H,1-3,8H2/t4-,5-,6+/m1/s1. The Hall–Kier alpha value is -0.800. The van der Waals surface area contributed by atoms with Crippen LogP contribution in [0.3, 0.4) is 0 Å². The number of alkyl halides is 1. The Morgan fingerprint density at radius 1 is 1.55 bits per heavy atom. The van der Waals surface area contributed by atoms with Crippen LogP contribution < -0.4 is 5.73 Å². The smallest absolute Gasteiger partial charge is 0.116 e. The molecule has 0 saturated heterocycles. The Bertz CT molecular complexity index is 177. The molecular weight excluding hydrogens is 147 g/mol. The van der Waals surface area contributed by atoms with Gasteiger partial charge in [-0.15, -0.1) is 0 Å². The van der Waals surface area contributed by atoms with Gasteiger partial charge in [0.2, 0.25) is 0 Å². The fourth-order valence-corrected chi connectivity index (χ4v) is 1.30. The highest BCUT2D eigenvalue weighted by molar-refractivity contribution is 4.85. The molecule has 62 valence electrons. The second-order valence-corrected chi connectivity index (χ2v) is 2.85. The largest absolute Gasteiger partial charge is 0.325 e. The van der Waals surface area contributed by atoms with E-state index in [0.717, 1.165) is 0 Å². The van der Waals surface area contributed by atoms with Crippen LogP contribution in [0, 0.1) is 0 Å². The van der Waals surface area contributed by atoms with Crippen LogP contribution in [-0.2, 0) is 0 Å². The third-order valence-corrected chi connectivity index (χ3v) is 2.01. The van der Waals surface area contributed by atoms with Gasteiger partial charge < -0.3 is 5.73 Å². The van der Waals surface area contributed by atoms with Gasteiger partial charge in [-0.1, -0.05) is 5.11 Å². The summed E-state index contributed by atoms with van der Waals surface area (Å²) in [4.78, 5) is 2.64. The molecule has 4 nitrogen and oxygen atoms in total. The van der Waals surface area contributed by atoms with E-state index in [9.17, 15) is 4.39 Å². The zero-order valence-electron chi connectivity index (χ0n) is 6.15. The first-order chi connectivity index (χ1) is 5.24. The molecule has 5 heteroatoms. The molecule has 0 unspecified atom stereocenters. The number of hydrogen-bond acceptors (Lipinski definition) is 2. The Morgan fingerprint density at radius 2 is 2.27 bits per heavy atom. The molecule has 1 rings (SSSR count). The first-order valence-corrected chi connectivity index (χ1v) is 3.68. The summed E-state index contributed by atoms with van der Waals surface area (Å²) in [6.07, 6.45) is 0.612. The van der Waals surface area contributed by atoms with Gasteiger partial charge in [0.25, 0.3) is 0 Å². The molecule has 1 aliphatic rings. The molecule has 2 N–H and O–H groups in total. The lowest BCUT2D eigenvalue weighted by molar-refractivity contribution is 0.201. The highest BCUT2D eigenvalue weighted by Gasteiger charge is 2.26. The van der Waals surface area contributed by atoms with Crippen LogP contribution in [0.1, 0.15) is 19.3 Å². The molecule has 1 fully saturated rings. The van der Waals surface area contributed by atoms with Gasteiger partial charge in [0, 0.05) is 17.0 Å². The van der Waals surface area contributed by atoms with Gasteiger partial charge in [0.05, 0.1) is 0 Å². The van der Waals surface area contributed by atoms with Crippen LogP contribution in [0.15, 0.2) is 5.11 Å². The molecule has 3 atom stereocenters. The lowest BCUT2D eigenvalue weighted by Gasteiger charge is -2.26. The number of nitrogens with zero attached hydrogens (tertiary/aromatic N) is 3. The molecule has 1 aliphatic carbocycles. The summed E-state index contributed by atoms with van der Waals surface area (Å²) < 4.78 is 12.8. The summed E-state index contributed by atoms with van der Waals surface area (Å²) in [5.74, 6) is 0. The van der Waals surface area contributed by atoms with Crippen molar-refractivity contribution in [3.8, 4) is 0 Å². The molecule has 0 amide bonds. The van der Waals surface area contributed by atoms with Crippen molar-refractivity contribution in [3.63, 3.8) is 0 Å². The maximum Gasteiger partial charge on any atom is 0.116 e. The summed E-state index contributed by atoms with van der Waals surface area (Å²) in [5.41, 5.74) is 13.5. The van der Waals surface area contributed by atoms with Crippen molar-refractivity contribution in [1.29, 1.82) is 0 Å². The van der Waals surface area contributed by atoms with Gasteiger partial charge in [-0.3, -0.25) is 0 Å². The molecule has 0 aromatic carbocycles. The minimum Gasteiger partial charge on any atom is -0.325 e. The Morgan fingerprint density at radius 3 is 2.82 bits per heavy atom. The van der Waals surface area contributed by atoms with E-state index < -0.39 is 6.17 Å². The Balaban J connectivity index is 2.45. The van der Waals surface area contributed by atoms with Crippen molar-refractivity contribution < 1.29 is 4.39 Å². The third kappa shape index (κ3) is 2.06. The van der Waals surface area contributed by atoms with E-state index in [4.69, 9.17) is 11.3 Å². The maximum absolute atomic E-state index is 12.8. The molecular formula is C6H11FN4. The first-order valence-electron chi connectivity index (χ1n) is 3.68. The van der Waals surface area contributed by atoms with E-state index in [1.807, 2.05) is 0 Å². The summed E-state index contributed by atoms with van der Waals surface area (Å²) in [7, 11) is 0. The molecule has 0 aromatic rings. The molecule has 0 heterocycles. The minimum absolute atomic E-state index is 0.185. The number of hydrogen-bond donors (Lipinski definition) is 1. The van der Waals surface area contributed by atoms with Crippen molar-refractivity contribution in [3.05, 3.63) is 10.4 Å². The second kappa shape index (κ2) is 3.55. The SMILES string of the molecule is [N-]=[N+]=N[C@@H]1CC[C@H](N)[C@H](F)C1. The first kappa shape index (κ1) is 8.30. The van der Waals surface area contributed by atoms with Gasteiger partial charge in [0.15, 0.2) is 0 Å². The summed E-state index contributed by atoms with van der Waals surface area (Å²) in [6.45, 7) is 0. The Labute approximate surface area is 64.2 Å². The van der Waals surface area contributed by atoms with Crippen molar-refractivity contribution in [1.82, 2.24) is 0 Å². The normalized spacial score (nSPS) is 37.8. The van der Waals surface area contributed by atoms with Crippen LogP contribution in [0.2, 0.25) is 0 Å². The van der Waals surface area contributed by atoms with E-state index in [-0.39, 0.29) is 18.5 Å². The molecule has 0 bridgehead atoms. The van der Waals surface area contributed by atoms with Crippen molar-refractivity contribution in [2.24, 2.45) is 10.8 Å². The van der Waals surface area contributed by atoms with Crippen LogP contribution in [0.5, 0.6) is 0 Å². The zero-order chi connectivity index (χ0) is 8.27. The van der Waals surface area contributed by atoms with E-state index >= 15 is 0 Å². The van der Waals surface area contributed by atoms with Gasteiger partial charge in [-0.25, -0.2) is 4.39 Å². The number of halogens is 1. The number of azide groups is 1. The maximum atomic E-state index is 12.8. The van der Waals surface area contributed by atoms with Crippen LogP contribution in [0.4, 0.5) is 4.39 Å². The summed E-state index contributed by atoms with van der Waals surface area (Å²) in [6, 6.07) is -0.546. The van der Waals surface area contributed by atoms with Crippen molar-refractivity contribution in [2.45, 2.75) is 37.5 Å². The molecule has 0 radical (unpaired) electrons. The predicted molar refractivity (Wildman–Crippen MR) is 39.7 cm³/mol. The van der Waals surface area contributed by atoms with Crippen molar-refractivity contribution in [2.75, 3.05) is 0 Å². The average Bonchev–Trinajstić information content (AvgIpc) is 1.98. The van der Waals surface area contributed by atoms with E-state index in [2.05, 4.69) is 10.0 Å². The van der Waals surface area contributed by atoms with Gasteiger partial charge in [-0.2, -0.15) is 0 Å². The van der Waals surface area contributed by atoms with Gasteiger partial charge in [-0.05, 0) is 24.8 Å². The second-order valence-electron chi connectivity index (χ2n) is 2.85. The topological polar surface area (TPSA) is 74.8 Å². The number of nitrogens with two attached hydrogens (primary N) is 1. The summed E-state index contributed by atoms with van der Waals surface area (Å²) >= 11 is 0. The minimum atomic E-state index is -1.00. The van der Waals surface area contributed by atoms with Crippen molar-refractivity contribution >= 4 is 0 Å². The zero-order valence-corrected chi connectivity index (χ0v) is 6.15. The lowest BCUT2D eigenvalue weighted by atomic mass is 9.91. The molecule has 0 aliphatic heterocycles. The Kier molecular flexibility index (Phi) is 2.68. The summed E-state index contributed by atoms with van der Waals surface area (Å²) in [5, 5.41) is 3.45. The highest BCUT2D eigenvalue weighted by Crippen LogP contribution is 2.22. The molecule has 0 aromatic heterocycles. The average molecular weight is 158 g/mol. The van der Waals surface area contributed by atoms with E-state index in [1.165, 1.54) is 0 Å². The van der Waals surface area contributed by atoms with Gasteiger partial charge in [0.1, 0.15) is 6.17 Å². The number of rotatable bonds is 1. The van der Waals surface area contributed by atoms with Crippen LogP contribution >= 0.6 is 0 Å². The fourth-order valence-electron chi connectivity index (χ4n) is 1.30. The molecule has 0 spiro atoms. The van der Waals surface area contributed by atoms with Gasteiger partial charge >= 0.3 is 0 Å². The fraction of sp³-hybridized carbons (Fsp3) is 1.00. The molecule has 1 saturated carbocycles. The predicted octanol–water partition coefficient (Wildman–Crippen LogP) is 1.51. The quantitative estimate of drug-likeness (QED) is 0.350. The van der Waals surface area contributed by atoms with E-state index in [1.54, 1.807) is 0 Å².